The van der Waals surface area contributed by atoms with Crippen LogP contribution >= 0.6 is 11.8 Å². The molecule has 54 heavy (non-hydrogen) atoms. The van der Waals surface area contributed by atoms with E-state index in [-0.39, 0.29) is 18.5 Å². The second kappa shape index (κ2) is 43.5. The molecular formula is C48H95NO4S. The van der Waals surface area contributed by atoms with Gasteiger partial charge in [0.1, 0.15) is 0 Å². The molecule has 5 nitrogen and oxygen atoms in total. The lowest BCUT2D eigenvalue weighted by molar-refractivity contribution is -0.149. The van der Waals surface area contributed by atoms with Gasteiger partial charge in [-0.1, -0.05) is 194 Å². The molecule has 0 aromatic carbocycles. The third-order valence-corrected chi connectivity index (χ3v) is 12.6. The van der Waals surface area contributed by atoms with E-state index in [0.29, 0.717) is 17.0 Å². The van der Waals surface area contributed by atoms with Gasteiger partial charge in [-0.2, -0.15) is 0 Å². The Labute approximate surface area is 342 Å². The quantitative estimate of drug-likeness (QED) is 0.0490. The number of rotatable bonds is 44. The van der Waals surface area contributed by atoms with Crippen molar-refractivity contribution >= 4 is 22.8 Å². The van der Waals surface area contributed by atoms with Crippen molar-refractivity contribution in [3.63, 3.8) is 0 Å². The third kappa shape index (κ3) is 37.0. The monoisotopic (exact) mass is 782 g/mol. The van der Waals surface area contributed by atoms with Crippen LogP contribution in [0, 0.1) is 5.92 Å². The Morgan fingerprint density at radius 3 is 1.37 bits per heavy atom. The number of unbranched alkanes of at least 4 members (excludes halogenated alkanes) is 23. The molecule has 0 radical (unpaired) electrons. The van der Waals surface area contributed by atoms with E-state index in [9.17, 15) is 14.7 Å². The van der Waals surface area contributed by atoms with E-state index in [1.807, 2.05) is 0 Å². The van der Waals surface area contributed by atoms with E-state index >= 15 is 0 Å². The van der Waals surface area contributed by atoms with Gasteiger partial charge in [0.15, 0.2) is 5.12 Å². The van der Waals surface area contributed by atoms with Crippen molar-refractivity contribution in [1.82, 2.24) is 4.90 Å². The minimum atomic E-state index is 0.0590. The van der Waals surface area contributed by atoms with Gasteiger partial charge < -0.3 is 14.7 Å². The van der Waals surface area contributed by atoms with Gasteiger partial charge in [-0.3, -0.25) is 9.59 Å². The number of nitrogens with zero attached hydrogens (tertiary/aromatic N) is 1. The fourth-order valence-electron chi connectivity index (χ4n) is 7.65. The van der Waals surface area contributed by atoms with Crippen molar-refractivity contribution in [1.29, 1.82) is 0 Å². The van der Waals surface area contributed by atoms with Crippen molar-refractivity contribution in [2.24, 2.45) is 5.92 Å². The first kappa shape index (κ1) is 53.4. The number of esters is 1. The van der Waals surface area contributed by atoms with Crippen LogP contribution in [0.15, 0.2) is 0 Å². The molecule has 1 N–H and O–H groups in total. The summed E-state index contributed by atoms with van der Waals surface area (Å²) in [5, 5.41) is 10.3. The van der Waals surface area contributed by atoms with Gasteiger partial charge in [-0.15, -0.1) is 0 Å². The third-order valence-electron chi connectivity index (χ3n) is 11.3. The van der Waals surface area contributed by atoms with E-state index in [1.165, 1.54) is 154 Å². The number of aliphatic hydroxyl groups is 1. The number of thioether (sulfide) groups is 1. The number of hydrogen-bond acceptors (Lipinski definition) is 6. The fraction of sp³-hybridized carbons (Fsp3) is 0.958. The van der Waals surface area contributed by atoms with Gasteiger partial charge in [0.05, 0.1) is 12.5 Å². The molecular weight excluding hydrogens is 687 g/mol. The van der Waals surface area contributed by atoms with Gasteiger partial charge in [-0.25, -0.2) is 0 Å². The predicted octanol–water partition coefficient (Wildman–Crippen LogP) is 14.8. The van der Waals surface area contributed by atoms with Crippen molar-refractivity contribution < 1.29 is 19.4 Å². The molecule has 0 spiro atoms. The number of ether oxygens (including phenoxy) is 1. The summed E-state index contributed by atoms with van der Waals surface area (Å²) in [6.45, 7) is 13.2. The Morgan fingerprint density at radius 2 is 0.870 bits per heavy atom. The summed E-state index contributed by atoms with van der Waals surface area (Å²) in [5.41, 5.74) is 0. The summed E-state index contributed by atoms with van der Waals surface area (Å²) in [6.07, 6.45) is 41.7. The van der Waals surface area contributed by atoms with Crippen LogP contribution in [-0.4, -0.2) is 59.2 Å². The SMILES string of the molecule is CCCCCCCCC(CCCCCC)SC(=O)CCCCCCN(CCCCO)CCCCCCOC(=O)C(CCCCCC)CCCCCCCC. The molecule has 6 heteroatoms. The van der Waals surface area contributed by atoms with Crippen LogP contribution in [0.25, 0.3) is 0 Å². The molecule has 0 aliphatic carbocycles. The van der Waals surface area contributed by atoms with E-state index in [1.54, 1.807) is 11.8 Å². The molecule has 0 amide bonds. The molecule has 0 aliphatic heterocycles. The van der Waals surface area contributed by atoms with Crippen LogP contribution in [0.5, 0.6) is 0 Å². The van der Waals surface area contributed by atoms with Crippen LogP contribution in [-0.2, 0) is 14.3 Å². The van der Waals surface area contributed by atoms with Crippen molar-refractivity contribution in [2.45, 2.75) is 258 Å². The molecule has 0 fully saturated rings. The molecule has 0 saturated carbocycles. The van der Waals surface area contributed by atoms with Gasteiger partial charge >= 0.3 is 5.97 Å². The Kier molecular flexibility index (Phi) is 43.1. The highest BCUT2D eigenvalue weighted by molar-refractivity contribution is 8.14. The molecule has 0 heterocycles. The number of hydrogen-bond donors (Lipinski definition) is 1. The summed E-state index contributed by atoms with van der Waals surface area (Å²) >= 11 is 1.69. The molecule has 0 rings (SSSR count). The second-order valence-electron chi connectivity index (χ2n) is 16.6. The molecule has 0 bridgehead atoms. The summed E-state index contributed by atoms with van der Waals surface area (Å²) < 4.78 is 5.83. The van der Waals surface area contributed by atoms with Crippen molar-refractivity contribution in [3.8, 4) is 0 Å². The topological polar surface area (TPSA) is 66.8 Å². The lowest BCUT2D eigenvalue weighted by atomic mass is 9.94. The van der Waals surface area contributed by atoms with Gasteiger partial charge in [-0.05, 0) is 83.8 Å². The highest BCUT2D eigenvalue weighted by Crippen LogP contribution is 2.27. The zero-order valence-electron chi connectivity index (χ0n) is 37.0. The fourth-order valence-corrected chi connectivity index (χ4v) is 8.85. The minimum absolute atomic E-state index is 0.0590. The number of carbonyl (C=O) groups is 2. The van der Waals surface area contributed by atoms with Gasteiger partial charge in [0.25, 0.3) is 0 Å². The van der Waals surface area contributed by atoms with E-state index in [2.05, 4.69) is 32.6 Å². The first-order chi connectivity index (χ1) is 26.5. The first-order valence-corrected chi connectivity index (χ1v) is 25.1. The summed E-state index contributed by atoms with van der Waals surface area (Å²) in [6, 6.07) is 0. The lowest BCUT2D eigenvalue weighted by Crippen LogP contribution is -2.27. The van der Waals surface area contributed by atoms with E-state index in [0.717, 1.165) is 90.3 Å². The molecule has 2 atom stereocenters. The molecule has 0 aromatic rings. The highest BCUT2D eigenvalue weighted by Gasteiger charge is 2.19. The Balaban J connectivity index is 4.37. The van der Waals surface area contributed by atoms with Gasteiger partial charge in [0, 0.05) is 18.3 Å². The average molecular weight is 782 g/mol. The van der Waals surface area contributed by atoms with E-state index in [4.69, 9.17) is 4.74 Å². The number of aliphatic hydroxyl groups excluding tert-OH is 1. The molecule has 0 aliphatic rings. The maximum atomic E-state index is 13.0. The smallest absolute Gasteiger partial charge is 0.308 e. The normalized spacial score (nSPS) is 12.8. The maximum absolute atomic E-state index is 13.0. The van der Waals surface area contributed by atoms with Crippen LogP contribution < -0.4 is 0 Å². The zero-order valence-corrected chi connectivity index (χ0v) is 37.8. The van der Waals surface area contributed by atoms with E-state index < -0.39 is 0 Å². The summed E-state index contributed by atoms with van der Waals surface area (Å²) in [4.78, 5) is 28.5. The minimum Gasteiger partial charge on any atom is -0.465 e. The zero-order chi connectivity index (χ0) is 39.6. The van der Waals surface area contributed by atoms with Crippen LogP contribution in [0.4, 0.5) is 0 Å². The highest BCUT2D eigenvalue weighted by atomic mass is 32.2. The molecule has 322 valence electrons. The van der Waals surface area contributed by atoms with Gasteiger partial charge in [0.2, 0.25) is 0 Å². The van der Waals surface area contributed by atoms with Crippen LogP contribution in [0.2, 0.25) is 0 Å². The Morgan fingerprint density at radius 1 is 0.481 bits per heavy atom. The largest absolute Gasteiger partial charge is 0.465 e. The Hall–Kier alpha value is -0.590. The Bertz CT molecular complexity index is 780. The predicted molar refractivity (Wildman–Crippen MR) is 239 cm³/mol. The summed E-state index contributed by atoms with van der Waals surface area (Å²) in [7, 11) is 0. The average Bonchev–Trinajstić information content (AvgIpc) is 3.17. The second-order valence-corrected chi connectivity index (χ2v) is 18.0. The van der Waals surface area contributed by atoms with Crippen LogP contribution in [0.1, 0.15) is 252 Å². The molecule has 2 unspecified atom stereocenters. The summed E-state index contributed by atoms with van der Waals surface area (Å²) in [5.74, 6) is 0.154. The van der Waals surface area contributed by atoms with Crippen LogP contribution in [0.3, 0.4) is 0 Å². The molecule has 0 aromatic heterocycles. The maximum Gasteiger partial charge on any atom is 0.308 e. The number of carbonyl (C=O) groups excluding carboxylic acids is 2. The van der Waals surface area contributed by atoms with Crippen molar-refractivity contribution in [2.75, 3.05) is 32.8 Å². The lowest BCUT2D eigenvalue weighted by Gasteiger charge is -2.22. The molecule has 0 saturated heterocycles. The standard InChI is InChI=1S/C48H95NO4S/c1-5-9-13-17-19-26-36-45(35-25-15-11-7-3)48(52)53-44-34-24-23-31-41-49(42-32-33-43-50)40-30-22-21-29-39-47(51)54-46(37-27-16-12-8-4)38-28-20-18-14-10-6-2/h45-46,50H,5-44H2,1-4H3. The van der Waals surface area contributed by atoms with Crippen molar-refractivity contribution in [3.05, 3.63) is 0 Å². The first-order valence-electron chi connectivity index (χ1n) is 24.2.